The Hall–Kier alpha value is -0.870. The molecule has 1 saturated heterocycles. The molecule has 3 aliphatic rings. The largest absolute Gasteiger partial charge is 0.462 e. The van der Waals surface area contributed by atoms with Gasteiger partial charge in [0.2, 0.25) is 0 Å². The Labute approximate surface area is 140 Å². The quantitative estimate of drug-likeness (QED) is 0.480. The topological polar surface area (TPSA) is 41.6 Å². The highest BCUT2D eigenvalue weighted by molar-refractivity contribution is 5.75. The number of hydrogen-bond acceptors (Lipinski definition) is 4. The molecule has 1 N–H and O–H groups in total. The summed E-state index contributed by atoms with van der Waals surface area (Å²) in [6, 6.07) is 0. The Morgan fingerprint density at radius 1 is 1.43 bits per heavy atom. The monoisotopic (exact) mass is 320 g/mol. The van der Waals surface area contributed by atoms with Gasteiger partial charge >= 0.3 is 5.97 Å². The first kappa shape index (κ1) is 17.0. The summed E-state index contributed by atoms with van der Waals surface area (Å²) >= 11 is 0. The Bertz CT molecular complexity index is 476. The molecule has 3 fully saturated rings. The summed E-state index contributed by atoms with van der Waals surface area (Å²) in [5.74, 6) is 1.00. The van der Waals surface area contributed by atoms with E-state index in [-0.39, 0.29) is 18.0 Å². The lowest BCUT2D eigenvalue weighted by atomic mass is 9.55. The minimum atomic E-state index is 0.0187. The number of nitrogens with one attached hydrogen (secondary N) is 1. The van der Waals surface area contributed by atoms with E-state index in [0.717, 1.165) is 38.9 Å². The molecule has 130 valence electrons. The number of carbonyl (C=O) groups is 1. The standard InChI is InChI=1S/C19H32N2O2/c1-13-6-5-7-19(2)11-17-14(10-16(13)19)15(18(22)23-17)12-20-8-9-21(3)4/h14-17,20H,1,5-12H2,2-4H3/t14-,15?,16?,17-,19-/m1/s1. The zero-order chi connectivity index (χ0) is 16.6. The molecule has 2 aliphatic carbocycles. The molecule has 0 aromatic heterocycles. The van der Waals surface area contributed by atoms with E-state index in [2.05, 4.69) is 37.8 Å². The third-order valence-electron chi connectivity index (χ3n) is 6.42. The molecule has 23 heavy (non-hydrogen) atoms. The molecule has 4 heteroatoms. The van der Waals surface area contributed by atoms with Gasteiger partial charge in [0.15, 0.2) is 0 Å². The summed E-state index contributed by atoms with van der Waals surface area (Å²) in [4.78, 5) is 14.5. The van der Waals surface area contributed by atoms with Crippen LogP contribution in [-0.2, 0) is 9.53 Å². The van der Waals surface area contributed by atoms with Gasteiger partial charge in [-0.05, 0) is 57.5 Å². The normalized spacial score (nSPS) is 40.0. The molecular formula is C19H32N2O2. The molecule has 1 heterocycles. The molecule has 4 nitrogen and oxygen atoms in total. The molecule has 1 aliphatic heterocycles. The average molecular weight is 320 g/mol. The maximum atomic E-state index is 12.4. The minimum absolute atomic E-state index is 0.0187. The van der Waals surface area contributed by atoms with Gasteiger partial charge in [-0.25, -0.2) is 0 Å². The molecule has 0 amide bonds. The highest BCUT2D eigenvalue weighted by Crippen LogP contribution is 2.56. The van der Waals surface area contributed by atoms with Crippen molar-refractivity contribution >= 4 is 5.97 Å². The fourth-order valence-electron chi connectivity index (χ4n) is 5.05. The van der Waals surface area contributed by atoms with E-state index in [4.69, 9.17) is 4.74 Å². The summed E-state index contributed by atoms with van der Waals surface area (Å²) in [6.07, 6.45) is 5.91. The summed E-state index contributed by atoms with van der Waals surface area (Å²) < 4.78 is 5.79. The van der Waals surface area contributed by atoms with E-state index in [0.29, 0.717) is 17.3 Å². The van der Waals surface area contributed by atoms with Crippen LogP contribution >= 0.6 is 0 Å². The molecule has 0 aromatic rings. The van der Waals surface area contributed by atoms with Crippen molar-refractivity contribution < 1.29 is 9.53 Å². The van der Waals surface area contributed by atoms with Gasteiger partial charge < -0.3 is 15.0 Å². The number of likely N-dealkylation sites (N-methyl/N-ethyl adjacent to an activating group) is 1. The van der Waals surface area contributed by atoms with E-state index in [1.807, 2.05) is 0 Å². The third kappa shape index (κ3) is 3.34. The predicted octanol–water partition coefficient (Wildman–Crippen LogP) is 2.45. The zero-order valence-corrected chi connectivity index (χ0v) is 14.9. The SMILES string of the molecule is C=C1CCC[C@]2(C)C[C@H]3OC(=O)C(CNCCN(C)C)[C@H]3CC12. The van der Waals surface area contributed by atoms with Crippen LogP contribution < -0.4 is 5.32 Å². The van der Waals surface area contributed by atoms with Crippen molar-refractivity contribution in [1.29, 1.82) is 0 Å². The maximum absolute atomic E-state index is 12.4. The number of esters is 1. The first-order valence-electron chi connectivity index (χ1n) is 9.14. The second-order valence-corrected chi connectivity index (χ2v) is 8.41. The number of ether oxygens (including phenoxy) is 1. The number of hydrogen-bond donors (Lipinski definition) is 1. The van der Waals surface area contributed by atoms with Gasteiger partial charge in [-0.2, -0.15) is 0 Å². The molecule has 3 rings (SSSR count). The molecule has 0 aromatic carbocycles. The van der Waals surface area contributed by atoms with Crippen LogP contribution in [0.1, 0.15) is 39.0 Å². The van der Waals surface area contributed by atoms with Crippen molar-refractivity contribution in [2.24, 2.45) is 23.2 Å². The Kier molecular flexibility index (Phi) is 4.84. The molecular weight excluding hydrogens is 288 g/mol. The Morgan fingerprint density at radius 3 is 2.96 bits per heavy atom. The molecule has 0 radical (unpaired) electrons. The number of rotatable bonds is 5. The van der Waals surface area contributed by atoms with Crippen molar-refractivity contribution in [3.05, 3.63) is 12.2 Å². The van der Waals surface area contributed by atoms with Gasteiger partial charge in [-0.1, -0.05) is 19.1 Å². The first-order chi connectivity index (χ1) is 10.9. The summed E-state index contributed by atoms with van der Waals surface area (Å²) in [5, 5.41) is 3.45. The molecule has 2 unspecified atom stereocenters. The first-order valence-corrected chi connectivity index (χ1v) is 9.14. The van der Waals surface area contributed by atoms with Gasteiger partial charge in [0.05, 0.1) is 5.92 Å². The average Bonchev–Trinajstić information content (AvgIpc) is 2.76. The Morgan fingerprint density at radius 2 is 2.22 bits per heavy atom. The van der Waals surface area contributed by atoms with Crippen LogP contribution in [0, 0.1) is 23.2 Å². The zero-order valence-electron chi connectivity index (χ0n) is 14.9. The van der Waals surface area contributed by atoms with Crippen LogP contribution in [0.15, 0.2) is 12.2 Å². The number of allylic oxidation sites excluding steroid dienone is 1. The smallest absolute Gasteiger partial charge is 0.310 e. The van der Waals surface area contributed by atoms with Gasteiger partial charge in [-0.3, -0.25) is 4.79 Å². The van der Waals surface area contributed by atoms with Gasteiger partial charge in [0, 0.05) is 25.6 Å². The van der Waals surface area contributed by atoms with E-state index in [1.165, 1.54) is 18.4 Å². The van der Waals surface area contributed by atoms with Crippen molar-refractivity contribution in [3.63, 3.8) is 0 Å². The second kappa shape index (κ2) is 6.56. The van der Waals surface area contributed by atoms with Crippen LogP contribution in [0.4, 0.5) is 0 Å². The van der Waals surface area contributed by atoms with Crippen molar-refractivity contribution in [3.8, 4) is 0 Å². The van der Waals surface area contributed by atoms with Gasteiger partial charge in [0.25, 0.3) is 0 Å². The van der Waals surface area contributed by atoms with Crippen molar-refractivity contribution in [1.82, 2.24) is 10.2 Å². The van der Waals surface area contributed by atoms with E-state index in [1.54, 1.807) is 0 Å². The molecule has 0 bridgehead atoms. The minimum Gasteiger partial charge on any atom is -0.462 e. The second-order valence-electron chi connectivity index (χ2n) is 8.41. The van der Waals surface area contributed by atoms with E-state index >= 15 is 0 Å². The fourth-order valence-corrected chi connectivity index (χ4v) is 5.05. The van der Waals surface area contributed by atoms with E-state index in [9.17, 15) is 4.79 Å². The lowest BCUT2D eigenvalue weighted by Crippen LogP contribution is -2.45. The predicted molar refractivity (Wildman–Crippen MR) is 92.1 cm³/mol. The lowest BCUT2D eigenvalue weighted by molar-refractivity contribution is -0.146. The molecule has 2 saturated carbocycles. The van der Waals surface area contributed by atoms with Crippen LogP contribution in [0.3, 0.4) is 0 Å². The molecule has 0 spiro atoms. The third-order valence-corrected chi connectivity index (χ3v) is 6.42. The highest BCUT2D eigenvalue weighted by atomic mass is 16.6. The lowest BCUT2D eigenvalue weighted by Gasteiger charge is -2.50. The number of fused-ring (bicyclic) bond motifs is 2. The van der Waals surface area contributed by atoms with Crippen LogP contribution in [0.25, 0.3) is 0 Å². The van der Waals surface area contributed by atoms with Crippen molar-refractivity contribution in [2.45, 2.75) is 45.1 Å². The van der Waals surface area contributed by atoms with Gasteiger partial charge in [0.1, 0.15) is 6.10 Å². The summed E-state index contributed by atoms with van der Waals surface area (Å²) in [7, 11) is 4.14. The van der Waals surface area contributed by atoms with Crippen molar-refractivity contribution in [2.75, 3.05) is 33.7 Å². The van der Waals surface area contributed by atoms with Crippen LogP contribution in [-0.4, -0.2) is 50.7 Å². The van der Waals surface area contributed by atoms with E-state index < -0.39 is 0 Å². The summed E-state index contributed by atoms with van der Waals surface area (Å²) in [5.41, 5.74) is 1.71. The fraction of sp³-hybridized carbons (Fsp3) is 0.842. The molecule has 5 atom stereocenters. The highest BCUT2D eigenvalue weighted by Gasteiger charge is 2.54. The summed E-state index contributed by atoms with van der Waals surface area (Å²) in [6.45, 7) is 9.40. The van der Waals surface area contributed by atoms with Crippen LogP contribution in [0.2, 0.25) is 0 Å². The number of carbonyl (C=O) groups excluding carboxylic acids is 1. The maximum Gasteiger partial charge on any atom is 0.310 e. The van der Waals surface area contributed by atoms with Gasteiger partial charge in [-0.15, -0.1) is 0 Å². The Balaban J connectivity index is 1.64. The number of nitrogens with zero attached hydrogens (tertiary/aromatic N) is 1. The van der Waals surface area contributed by atoms with Crippen LogP contribution in [0.5, 0.6) is 0 Å².